The van der Waals surface area contributed by atoms with Crippen molar-refractivity contribution >= 4 is 21.7 Å². The molecule has 5 rings (SSSR count). The van der Waals surface area contributed by atoms with Crippen molar-refractivity contribution in [3.63, 3.8) is 0 Å². The molecule has 1 N–H and O–H groups in total. The lowest BCUT2D eigenvalue weighted by Crippen LogP contribution is -2.13. The highest BCUT2D eigenvalue weighted by Crippen LogP contribution is 2.36. The Bertz CT molecular complexity index is 1600. The fourth-order valence-electron chi connectivity index (χ4n) is 4.15. The van der Waals surface area contributed by atoms with Crippen molar-refractivity contribution in [3.8, 4) is 28.6 Å². The van der Waals surface area contributed by atoms with Gasteiger partial charge < -0.3 is 0 Å². The number of aromatic nitrogens is 5. The summed E-state index contributed by atoms with van der Waals surface area (Å²) in [6.07, 6.45) is 1.75. The molecule has 7 heteroatoms. The van der Waals surface area contributed by atoms with Crippen LogP contribution in [0.1, 0.15) is 31.0 Å². The van der Waals surface area contributed by atoms with Crippen molar-refractivity contribution in [1.82, 2.24) is 25.0 Å². The van der Waals surface area contributed by atoms with Crippen molar-refractivity contribution in [1.29, 1.82) is 5.26 Å². The van der Waals surface area contributed by atoms with Gasteiger partial charge >= 0.3 is 0 Å². The van der Waals surface area contributed by atoms with Gasteiger partial charge in [0.05, 0.1) is 34.2 Å². The van der Waals surface area contributed by atoms with E-state index in [4.69, 9.17) is 4.98 Å². The van der Waals surface area contributed by atoms with Gasteiger partial charge in [0.15, 0.2) is 0 Å². The molecule has 0 unspecified atom stereocenters. The summed E-state index contributed by atoms with van der Waals surface area (Å²) in [7, 11) is 1.85. The Morgan fingerprint density at radius 1 is 1.03 bits per heavy atom. The molecule has 32 heavy (non-hydrogen) atoms. The van der Waals surface area contributed by atoms with E-state index in [-0.39, 0.29) is 11.5 Å². The zero-order valence-electron chi connectivity index (χ0n) is 17.9. The second kappa shape index (κ2) is 7.43. The second-order valence-corrected chi connectivity index (χ2v) is 8.04. The quantitative estimate of drug-likeness (QED) is 0.462. The molecule has 3 aromatic heterocycles. The third kappa shape index (κ3) is 2.96. The van der Waals surface area contributed by atoms with Crippen LogP contribution in [0.15, 0.2) is 59.5 Å². The molecule has 3 heterocycles. The molecule has 7 nitrogen and oxygen atoms in total. The van der Waals surface area contributed by atoms with E-state index in [1.165, 1.54) is 0 Å². The number of nitrogens with one attached hydrogen (secondary N) is 1. The summed E-state index contributed by atoms with van der Waals surface area (Å²) < 4.78 is 1.76. The summed E-state index contributed by atoms with van der Waals surface area (Å²) in [6.45, 7) is 4.02. The van der Waals surface area contributed by atoms with Gasteiger partial charge in [0.25, 0.3) is 5.56 Å². The molecule has 0 aliphatic carbocycles. The third-order valence-electron chi connectivity index (χ3n) is 5.72. The summed E-state index contributed by atoms with van der Waals surface area (Å²) in [6, 6.07) is 17.8. The van der Waals surface area contributed by atoms with Gasteiger partial charge in [0.2, 0.25) is 0 Å². The van der Waals surface area contributed by atoms with E-state index >= 15 is 0 Å². The van der Waals surface area contributed by atoms with Gasteiger partial charge in [-0.05, 0) is 23.4 Å². The number of rotatable bonds is 3. The normalized spacial score (nSPS) is 11.3. The van der Waals surface area contributed by atoms with Crippen LogP contribution in [0.25, 0.3) is 44.2 Å². The molecular formula is C25H20N6O. The summed E-state index contributed by atoms with van der Waals surface area (Å²) in [5.74, 6) is 0.0937. The zero-order chi connectivity index (χ0) is 22.4. The predicted octanol–water partition coefficient (Wildman–Crippen LogP) is 4.53. The topological polar surface area (TPSA) is 100 Å². The van der Waals surface area contributed by atoms with E-state index in [2.05, 4.69) is 21.4 Å². The van der Waals surface area contributed by atoms with Crippen LogP contribution >= 0.6 is 0 Å². The molecule has 0 saturated heterocycles. The second-order valence-electron chi connectivity index (χ2n) is 8.04. The third-order valence-corrected chi connectivity index (χ3v) is 5.72. The highest BCUT2D eigenvalue weighted by Gasteiger charge is 2.20. The monoisotopic (exact) mass is 420 g/mol. The van der Waals surface area contributed by atoms with Crippen LogP contribution in [0.5, 0.6) is 0 Å². The zero-order valence-corrected chi connectivity index (χ0v) is 17.9. The minimum absolute atomic E-state index is 0.0937. The SMILES string of the molecule is CC(C)c1n[nH]c(=O)c2ccc(-c3cnn(C)c3-c3ccc4ccccc4c3C#N)nc12. The molecule has 5 aromatic rings. The van der Waals surface area contributed by atoms with E-state index in [9.17, 15) is 10.1 Å². The maximum atomic E-state index is 12.3. The standard InChI is InChI=1S/C25H20N6O/c1-14(2)22-23-18(25(32)30-29-22)10-11-21(28-23)20-13-27-31(3)24(20)17-9-8-15-6-4-5-7-16(15)19(17)12-26/h4-11,13-14H,1-3H3,(H,30,32). The van der Waals surface area contributed by atoms with Gasteiger partial charge in [-0.2, -0.15) is 15.5 Å². The molecular weight excluding hydrogens is 400 g/mol. The lowest BCUT2D eigenvalue weighted by atomic mass is 9.95. The summed E-state index contributed by atoms with van der Waals surface area (Å²) >= 11 is 0. The van der Waals surface area contributed by atoms with E-state index < -0.39 is 0 Å². The highest BCUT2D eigenvalue weighted by molar-refractivity contribution is 5.96. The van der Waals surface area contributed by atoms with Gasteiger partial charge in [-0.1, -0.05) is 50.2 Å². The smallest absolute Gasteiger partial charge is 0.267 e. The number of nitrogens with zero attached hydrogens (tertiary/aromatic N) is 5. The first-order valence-electron chi connectivity index (χ1n) is 10.3. The van der Waals surface area contributed by atoms with Crippen LogP contribution in [-0.2, 0) is 7.05 Å². The average molecular weight is 420 g/mol. The van der Waals surface area contributed by atoms with Crippen LogP contribution in [0.3, 0.4) is 0 Å². The molecule has 156 valence electrons. The van der Waals surface area contributed by atoms with E-state index in [1.54, 1.807) is 16.9 Å². The van der Waals surface area contributed by atoms with Crippen molar-refractivity contribution in [2.24, 2.45) is 7.05 Å². The Labute approximate surface area is 184 Å². The largest absolute Gasteiger partial charge is 0.273 e. The molecule has 0 radical (unpaired) electrons. The Balaban J connectivity index is 1.79. The lowest BCUT2D eigenvalue weighted by Gasteiger charge is -2.12. The van der Waals surface area contributed by atoms with Gasteiger partial charge in [-0.25, -0.2) is 10.1 Å². The first-order chi connectivity index (χ1) is 15.5. The molecule has 0 spiro atoms. The van der Waals surface area contributed by atoms with Gasteiger partial charge in [-0.3, -0.25) is 9.48 Å². The summed E-state index contributed by atoms with van der Waals surface area (Å²) in [5.41, 5.74) is 4.68. The first-order valence-corrected chi connectivity index (χ1v) is 10.3. The molecule has 0 amide bonds. The maximum Gasteiger partial charge on any atom is 0.273 e. The Morgan fingerprint density at radius 2 is 1.84 bits per heavy atom. The molecule has 0 fully saturated rings. The number of aryl methyl sites for hydroxylation is 1. The van der Waals surface area contributed by atoms with E-state index in [0.717, 1.165) is 33.3 Å². The molecule has 0 saturated carbocycles. The lowest BCUT2D eigenvalue weighted by molar-refractivity contribution is 0.776. The van der Waals surface area contributed by atoms with Gasteiger partial charge in [0, 0.05) is 23.6 Å². The Morgan fingerprint density at radius 3 is 2.62 bits per heavy atom. The number of aromatic amines is 1. The van der Waals surface area contributed by atoms with Gasteiger partial charge in [-0.15, -0.1) is 0 Å². The van der Waals surface area contributed by atoms with Crippen LogP contribution < -0.4 is 5.56 Å². The van der Waals surface area contributed by atoms with Crippen LogP contribution in [0.4, 0.5) is 0 Å². The van der Waals surface area contributed by atoms with Gasteiger partial charge in [0.1, 0.15) is 11.6 Å². The molecule has 2 aromatic carbocycles. The summed E-state index contributed by atoms with van der Waals surface area (Å²) in [4.78, 5) is 17.1. The fraction of sp³-hybridized carbons (Fsp3) is 0.160. The minimum atomic E-state index is -0.267. The number of fused-ring (bicyclic) bond motifs is 2. The highest BCUT2D eigenvalue weighted by atomic mass is 16.1. The molecule has 0 bridgehead atoms. The van der Waals surface area contributed by atoms with E-state index in [0.29, 0.717) is 22.2 Å². The van der Waals surface area contributed by atoms with Crippen molar-refractivity contribution in [2.75, 3.05) is 0 Å². The van der Waals surface area contributed by atoms with Crippen molar-refractivity contribution in [2.45, 2.75) is 19.8 Å². The number of H-pyrrole nitrogens is 1. The Kier molecular flexibility index (Phi) is 4.56. The number of pyridine rings is 1. The van der Waals surface area contributed by atoms with Crippen molar-refractivity contribution in [3.05, 3.63) is 76.3 Å². The molecule has 0 aliphatic rings. The van der Waals surface area contributed by atoms with Crippen molar-refractivity contribution < 1.29 is 0 Å². The molecule has 0 atom stereocenters. The number of hydrogen-bond acceptors (Lipinski definition) is 5. The van der Waals surface area contributed by atoms with Crippen LogP contribution in [0.2, 0.25) is 0 Å². The first kappa shape index (κ1) is 19.6. The fourth-order valence-corrected chi connectivity index (χ4v) is 4.15. The summed E-state index contributed by atoms with van der Waals surface area (Å²) in [5, 5.41) is 23.6. The van der Waals surface area contributed by atoms with Crippen LogP contribution in [-0.4, -0.2) is 25.0 Å². The maximum absolute atomic E-state index is 12.3. The Hall–Kier alpha value is -4.31. The average Bonchev–Trinajstić information content (AvgIpc) is 3.19. The minimum Gasteiger partial charge on any atom is -0.267 e. The number of hydrogen-bond donors (Lipinski definition) is 1. The molecule has 0 aliphatic heterocycles. The number of nitriles is 1. The number of benzene rings is 2. The van der Waals surface area contributed by atoms with E-state index in [1.807, 2.05) is 63.4 Å². The predicted molar refractivity (Wildman–Crippen MR) is 124 cm³/mol. The van der Waals surface area contributed by atoms with Crippen LogP contribution in [0, 0.1) is 11.3 Å².